The number of hydrogen-bond donors (Lipinski definition) is 2. The standard InChI is InChI=1S/C24H24N4O5S/c1-2-14-27-15-11-24(12-16-27,23(29)26-30)34(31,32)22-9-7-21(8-10-22)33-20-5-3-19(4-6-20)28-17-13-25-18-28/h1,3-10,13,17-18,30H,11-12,14-16H2,(H,26,29). The van der Waals surface area contributed by atoms with E-state index >= 15 is 0 Å². The molecule has 1 aliphatic rings. The summed E-state index contributed by atoms with van der Waals surface area (Å²) in [6.45, 7) is 1.02. The Morgan fingerprint density at radius 2 is 1.74 bits per heavy atom. The van der Waals surface area contributed by atoms with Crippen LogP contribution in [0.3, 0.4) is 0 Å². The average molecular weight is 481 g/mol. The van der Waals surface area contributed by atoms with Crippen molar-refractivity contribution in [3.8, 4) is 29.5 Å². The van der Waals surface area contributed by atoms with E-state index in [-0.39, 0.29) is 17.7 Å². The van der Waals surface area contributed by atoms with Crippen LogP contribution in [0.15, 0.2) is 72.1 Å². The van der Waals surface area contributed by atoms with Crippen LogP contribution >= 0.6 is 0 Å². The lowest BCUT2D eigenvalue weighted by Crippen LogP contribution is -2.57. The molecule has 9 nitrogen and oxygen atoms in total. The van der Waals surface area contributed by atoms with Crippen molar-refractivity contribution in [1.29, 1.82) is 0 Å². The second-order valence-corrected chi connectivity index (χ2v) is 10.2. The minimum Gasteiger partial charge on any atom is -0.457 e. The van der Waals surface area contributed by atoms with Crippen LogP contribution in [-0.2, 0) is 14.6 Å². The number of nitrogens with zero attached hydrogens (tertiary/aromatic N) is 3. The van der Waals surface area contributed by atoms with Gasteiger partial charge < -0.3 is 9.30 Å². The van der Waals surface area contributed by atoms with Crippen molar-refractivity contribution in [2.45, 2.75) is 22.5 Å². The number of benzene rings is 2. The summed E-state index contributed by atoms with van der Waals surface area (Å²) in [6, 6.07) is 13.2. The third-order valence-corrected chi connectivity index (χ3v) is 8.53. The fourth-order valence-corrected chi connectivity index (χ4v) is 6.02. The van der Waals surface area contributed by atoms with Crippen molar-refractivity contribution in [3.05, 3.63) is 67.3 Å². The number of sulfone groups is 1. The normalized spacial score (nSPS) is 15.9. The zero-order chi connectivity index (χ0) is 24.2. The molecule has 2 heterocycles. The van der Waals surface area contributed by atoms with Gasteiger partial charge in [-0.05, 0) is 61.4 Å². The number of rotatable bonds is 7. The molecular formula is C24H24N4O5S. The summed E-state index contributed by atoms with van der Waals surface area (Å²) in [5, 5.41) is 9.28. The van der Waals surface area contributed by atoms with Gasteiger partial charge in [-0.15, -0.1) is 6.42 Å². The summed E-state index contributed by atoms with van der Waals surface area (Å²) >= 11 is 0. The molecule has 2 aromatic carbocycles. The van der Waals surface area contributed by atoms with Crippen LogP contribution in [0, 0.1) is 12.3 Å². The van der Waals surface area contributed by atoms with Gasteiger partial charge in [-0.1, -0.05) is 5.92 Å². The SMILES string of the molecule is C#CCN1CCC(C(=O)NO)(S(=O)(=O)c2ccc(Oc3ccc(-n4ccnc4)cc3)cc2)CC1. The third kappa shape index (κ3) is 4.41. The Balaban J connectivity index is 1.52. The predicted octanol–water partition coefficient (Wildman–Crippen LogP) is 2.41. The molecule has 0 radical (unpaired) electrons. The lowest BCUT2D eigenvalue weighted by Gasteiger charge is -2.38. The smallest absolute Gasteiger partial charge is 0.265 e. The fourth-order valence-electron chi connectivity index (χ4n) is 4.07. The summed E-state index contributed by atoms with van der Waals surface area (Å²) in [6.07, 6.45) is 10.6. The van der Waals surface area contributed by atoms with Gasteiger partial charge in [0.2, 0.25) is 0 Å². The summed E-state index contributed by atoms with van der Waals surface area (Å²) in [5.41, 5.74) is 2.47. The maximum atomic E-state index is 13.5. The summed E-state index contributed by atoms with van der Waals surface area (Å²) in [4.78, 5) is 18.5. The van der Waals surface area contributed by atoms with Gasteiger partial charge >= 0.3 is 0 Å². The number of piperidine rings is 1. The molecule has 0 bridgehead atoms. The maximum Gasteiger partial charge on any atom is 0.265 e. The van der Waals surface area contributed by atoms with Crippen molar-refractivity contribution in [1.82, 2.24) is 19.9 Å². The average Bonchev–Trinajstić information content (AvgIpc) is 3.40. The minimum atomic E-state index is -4.11. The number of carbonyl (C=O) groups excluding carboxylic acids is 1. The zero-order valence-electron chi connectivity index (χ0n) is 18.3. The first kappa shape index (κ1) is 23.5. The number of likely N-dealkylation sites (tertiary alicyclic amines) is 1. The summed E-state index contributed by atoms with van der Waals surface area (Å²) < 4.78 is 32.9. The highest BCUT2D eigenvalue weighted by atomic mass is 32.2. The molecule has 1 aromatic heterocycles. The Morgan fingerprint density at radius 1 is 1.12 bits per heavy atom. The molecule has 0 unspecified atom stereocenters. The van der Waals surface area contributed by atoms with Gasteiger partial charge in [0.15, 0.2) is 14.6 Å². The van der Waals surface area contributed by atoms with E-state index in [4.69, 9.17) is 11.2 Å². The van der Waals surface area contributed by atoms with E-state index in [9.17, 15) is 18.4 Å². The van der Waals surface area contributed by atoms with Crippen molar-refractivity contribution >= 4 is 15.7 Å². The summed E-state index contributed by atoms with van der Waals surface area (Å²) in [5.74, 6) is 2.61. The Labute approximate surface area is 197 Å². The van der Waals surface area contributed by atoms with Crippen LogP contribution in [-0.4, -0.2) is 58.4 Å². The number of terminal acetylenes is 1. The monoisotopic (exact) mass is 480 g/mol. The summed E-state index contributed by atoms with van der Waals surface area (Å²) in [7, 11) is -4.11. The van der Waals surface area contributed by atoms with Gasteiger partial charge in [0.05, 0.1) is 17.8 Å². The van der Waals surface area contributed by atoms with E-state index in [1.54, 1.807) is 30.1 Å². The highest BCUT2D eigenvalue weighted by Crippen LogP contribution is 2.36. The highest BCUT2D eigenvalue weighted by molar-refractivity contribution is 7.93. The molecule has 34 heavy (non-hydrogen) atoms. The molecule has 1 fully saturated rings. The van der Waals surface area contributed by atoms with Gasteiger partial charge in [0.25, 0.3) is 5.91 Å². The number of imidazole rings is 1. The molecule has 1 aliphatic heterocycles. The molecule has 176 valence electrons. The molecule has 4 rings (SSSR count). The van der Waals surface area contributed by atoms with Crippen molar-refractivity contribution in [2.24, 2.45) is 0 Å². The molecule has 1 saturated heterocycles. The number of aromatic nitrogens is 2. The second kappa shape index (κ2) is 9.69. The highest BCUT2D eigenvalue weighted by Gasteiger charge is 2.52. The van der Waals surface area contributed by atoms with Crippen LogP contribution in [0.4, 0.5) is 0 Å². The molecule has 3 aromatic rings. The number of amides is 1. The zero-order valence-corrected chi connectivity index (χ0v) is 19.1. The third-order valence-electron chi connectivity index (χ3n) is 6.02. The number of ether oxygens (including phenoxy) is 1. The van der Waals surface area contributed by atoms with E-state index in [2.05, 4.69) is 10.9 Å². The van der Waals surface area contributed by atoms with Crippen LogP contribution in [0.25, 0.3) is 5.69 Å². The molecule has 0 aliphatic carbocycles. The van der Waals surface area contributed by atoms with Gasteiger partial charge in [-0.2, -0.15) is 0 Å². The molecular weight excluding hydrogens is 456 g/mol. The van der Waals surface area contributed by atoms with Crippen LogP contribution in [0.1, 0.15) is 12.8 Å². The lowest BCUT2D eigenvalue weighted by molar-refractivity contribution is -0.133. The van der Waals surface area contributed by atoms with Crippen LogP contribution < -0.4 is 10.2 Å². The first-order valence-electron chi connectivity index (χ1n) is 10.6. The molecule has 2 N–H and O–H groups in total. The Hall–Kier alpha value is -3.65. The first-order chi connectivity index (χ1) is 16.4. The molecule has 0 atom stereocenters. The van der Waals surface area contributed by atoms with Crippen molar-refractivity contribution in [3.63, 3.8) is 0 Å². The lowest BCUT2D eigenvalue weighted by atomic mass is 9.95. The van der Waals surface area contributed by atoms with E-state index in [0.29, 0.717) is 31.1 Å². The van der Waals surface area contributed by atoms with Gasteiger partial charge in [0.1, 0.15) is 11.5 Å². The largest absolute Gasteiger partial charge is 0.457 e. The topological polar surface area (TPSA) is 114 Å². The number of carbonyl (C=O) groups is 1. The van der Waals surface area contributed by atoms with Crippen molar-refractivity contribution in [2.75, 3.05) is 19.6 Å². The number of hydrogen-bond acceptors (Lipinski definition) is 7. The van der Waals surface area contributed by atoms with Crippen LogP contribution in [0.2, 0.25) is 0 Å². The molecule has 0 saturated carbocycles. The minimum absolute atomic E-state index is 0.0188. The van der Waals surface area contributed by atoms with E-state index in [1.807, 2.05) is 27.8 Å². The van der Waals surface area contributed by atoms with Gasteiger partial charge in [0, 0.05) is 31.2 Å². The van der Waals surface area contributed by atoms with E-state index < -0.39 is 20.5 Å². The van der Waals surface area contributed by atoms with Crippen molar-refractivity contribution < 1.29 is 23.2 Å². The van der Waals surface area contributed by atoms with E-state index in [0.717, 1.165) is 5.69 Å². The Kier molecular flexibility index (Phi) is 6.70. The predicted molar refractivity (Wildman–Crippen MR) is 124 cm³/mol. The molecule has 1 amide bonds. The van der Waals surface area contributed by atoms with E-state index in [1.165, 1.54) is 24.3 Å². The van der Waals surface area contributed by atoms with Gasteiger partial charge in [-0.25, -0.2) is 18.9 Å². The molecule has 0 spiro atoms. The van der Waals surface area contributed by atoms with Gasteiger partial charge in [-0.3, -0.25) is 14.9 Å². The van der Waals surface area contributed by atoms with Crippen LogP contribution in [0.5, 0.6) is 11.5 Å². The fraction of sp³-hybridized carbons (Fsp3) is 0.250. The number of hydroxylamine groups is 1. The quantitative estimate of drug-likeness (QED) is 0.303. The molecule has 10 heteroatoms. The second-order valence-electron chi connectivity index (χ2n) is 7.96. The first-order valence-corrected chi connectivity index (χ1v) is 12.1. The Bertz CT molecular complexity index is 1270. The number of nitrogens with one attached hydrogen (secondary N) is 1. The maximum absolute atomic E-state index is 13.5. The Morgan fingerprint density at radius 3 is 2.26 bits per heavy atom.